The van der Waals surface area contributed by atoms with E-state index in [1.54, 1.807) is 23.2 Å². The largest absolute Gasteiger partial charge is 0.508 e. The number of rotatable bonds is 12. The minimum Gasteiger partial charge on any atom is -0.508 e. The van der Waals surface area contributed by atoms with E-state index < -0.39 is 11.9 Å². The number of imide groups is 1. The number of nitrogens with zero attached hydrogens (tertiary/aromatic N) is 8. The first kappa shape index (κ1) is 45.9. The van der Waals surface area contributed by atoms with Crippen LogP contribution in [0.2, 0.25) is 0 Å². The topological polar surface area (TPSA) is 160 Å². The van der Waals surface area contributed by atoms with Crippen molar-refractivity contribution < 1.29 is 28.6 Å². The minimum absolute atomic E-state index is 0.0242. The summed E-state index contributed by atoms with van der Waals surface area (Å²) in [4.78, 5) is 63.8. The van der Waals surface area contributed by atoms with Gasteiger partial charge < -0.3 is 39.7 Å². The molecule has 8 aliphatic rings. The summed E-state index contributed by atoms with van der Waals surface area (Å²) in [6.07, 6.45) is 12.4. The first-order valence-electron chi connectivity index (χ1n) is 26.7. The maximum Gasteiger partial charge on any atom is 0.319 e. The first-order chi connectivity index (χ1) is 35.0. The molecule has 15 nitrogen and oxygen atoms in total. The highest BCUT2D eigenvalue weighted by molar-refractivity contribution is 6.06. The number of hydrogen-bond acceptors (Lipinski definition) is 13. The maximum atomic E-state index is 17.2. The Morgan fingerprint density at radius 3 is 2.39 bits per heavy atom. The molecule has 2 aromatic heterocycles. The van der Waals surface area contributed by atoms with E-state index >= 15 is 4.39 Å². The number of halogens is 1. The number of amides is 3. The molecule has 2 saturated carbocycles. The molecule has 16 heteroatoms. The highest BCUT2D eigenvalue weighted by Gasteiger charge is 2.48. The Hall–Kier alpha value is -5.97. The lowest BCUT2D eigenvalue weighted by molar-refractivity contribution is -0.136. The Morgan fingerprint density at radius 1 is 0.861 bits per heavy atom. The summed E-state index contributed by atoms with van der Waals surface area (Å²) in [5.74, 6) is 0.169. The number of benzene rings is 3. The SMILES string of the molecule is CCc1cccc2cc(O)cc(-c3ncc4c(N5CC6CCC(C5)N6)nc(OCC5(CN6CCN(CC7CC8(CCN(c9ccc%10c(c9)CN(C9CCC(=O)NC9=O)C%10=O)CC8)C7)CC6)CC5)nc4c3F)c12. The summed E-state index contributed by atoms with van der Waals surface area (Å²) in [6, 6.07) is 15.7. The number of aromatic nitrogens is 3. The van der Waals surface area contributed by atoms with Crippen molar-refractivity contribution in [3.63, 3.8) is 0 Å². The zero-order valence-electron chi connectivity index (χ0n) is 41.3. The third-order valence-corrected chi connectivity index (χ3v) is 18.0. The summed E-state index contributed by atoms with van der Waals surface area (Å²) in [5, 5.41) is 19.2. The number of carbonyl (C=O) groups is 3. The predicted molar refractivity (Wildman–Crippen MR) is 273 cm³/mol. The number of fused-ring (bicyclic) bond motifs is 5. The molecule has 3 amide bonds. The summed E-state index contributed by atoms with van der Waals surface area (Å²) < 4.78 is 23.8. The van der Waals surface area contributed by atoms with Crippen LogP contribution in [-0.4, -0.2) is 143 Å². The Balaban J connectivity index is 0.620. The molecule has 3 atom stereocenters. The number of aryl methyl sites for hydroxylation is 1. The number of pyridine rings is 1. The van der Waals surface area contributed by atoms with E-state index in [1.165, 1.54) is 32.2 Å². The van der Waals surface area contributed by atoms with E-state index in [2.05, 4.69) is 49.3 Å². The molecular formula is C56H65FN10O5. The molecular weight excluding hydrogens is 912 g/mol. The van der Waals surface area contributed by atoms with Crippen molar-refractivity contribution in [1.29, 1.82) is 0 Å². The number of aromatic hydroxyl groups is 1. The van der Waals surface area contributed by atoms with Crippen molar-refractivity contribution in [2.24, 2.45) is 16.7 Å². The van der Waals surface area contributed by atoms with Gasteiger partial charge in [-0.2, -0.15) is 9.97 Å². The van der Waals surface area contributed by atoms with Gasteiger partial charge in [0.25, 0.3) is 5.91 Å². The van der Waals surface area contributed by atoms with Gasteiger partial charge in [-0.25, -0.2) is 4.39 Å². The molecule has 13 rings (SSSR count). The number of anilines is 2. The lowest BCUT2D eigenvalue weighted by Gasteiger charge is -2.54. The number of carbonyl (C=O) groups excluding carboxylic acids is 3. The van der Waals surface area contributed by atoms with Crippen molar-refractivity contribution in [1.82, 2.24) is 40.3 Å². The number of phenolic OH excluding ortho intramolecular Hbond substituents is 1. The number of ether oxygens (including phenoxy) is 1. The van der Waals surface area contributed by atoms with Crippen molar-refractivity contribution >= 4 is 50.9 Å². The van der Waals surface area contributed by atoms with Crippen LogP contribution in [0.15, 0.2) is 54.7 Å². The second kappa shape index (κ2) is 17.9. The fourth-order valence-electron chi connectivity index (χ4n) is 13.9. The predicted octanol–water partition coefficient (Wildman–Crippen LogP) is 6.43. The summed E-state index contributed by atoms with van der Waals surface area (Å²) in [5.41, 5.74) is 5.19. The lowest BCUT2D eigenvalue weighted by Crippen LogP contribution is -2.53. The molecule has 3 N–H and O–H groups in total. The van der Waals surface area contributed by atoms with Gasteiger partial charge in [0.15, 0.2) is 5.82 Å². The molecule has 72 heavy (non-hydrogen) atoms. The van der Waals surface area contributed by atoms with Gasteiger partial charge in [-0.15, -0.1) is 0 Å². The number of nitrogens with one attached hydrogen (secondary N) is 2. The second-order valence-electron chi connectivity index (χ2n) is 22.8. The molecule has 376 valence electrons. The van der Waals surface area contributed by atoms with Crippen LogP contribution < -0.4 is 25.2 Å². The lowest BCUT2D eigenvalue weighted by atomic mass is 9.57. The van der Waals surface area contributed by atoms with Gasteiger partial charge in [-0.05, 0) is 128 Å². The van der Waals surface area contributed by atoms with Crippen molar-refractivity contribution in [3.05, 3.63) is 77.2 Å². The number of phenols is 1. The van der Waals surface area contributed by atoms with Crippen molar-refractivity contribution in [2.45, 2.75) is 102 Å². The van der Waals surface area contributed by atoms with E-state index in [9.17, 15) is 19.5 Å². The van der Waals surface area contributed by atoms with E-state index in [0.29, 0.717) is 59.4 Å². The Morgan fingerprint density at radius 2 is 1.64 bits per heavy atom. The smallest absolute Gasteiger partial charge is 0.319 e. The van der Waals surface area contributed by atoms with E-state index in [1.807, 2.05) is 24.3 Å². The molecule has 7 fully saturated rings. The number of piperidine rings is 2. The van der Waals surface area contributed by atoms with Gasteiger partial charge >= 0.3 is 6.01 Å². The van der Waals surface area contributed by atoms with Crippen LogP contribution in [0.4, 0.5) is 15.9 Å². The molecule has 8 heterocycles. The van der Waals surface area contributed by atoms with Gasteiger partial charge in [0.05, 0.1) is 12.0 Å². The second-order valence-corrected chi connectivity index (χ2v) is 22.8. The number of piperazine rings is 2. The third-order valence-electron chi connectivity index (χ3n) is 18.0. The van der Waals surface area contributed by atoms with Crippen molar-refractivity contribution in [2.75, 3.05) is 81.9 Å². The highest BCUT2D eigenvalue weighted by Crippen LogP contribution is 2.53. The summed E-state index contributed by atoms with van der Waals surface area (Å²) in [6.45, 7) is 12.9. The quantitative estimate of drug-likeness (QED) is 0.118. The standard InChI is InChI=1S/C56H65FN10O5/c1-2-35-4-3-5-36-23-41(68)24-43(47(35)36)49-48(57)50-44(27-58-49)51(66-30-38-6-7-39(31-66)59-38)62-54(61-50)72-33-56(12-13-56)32-64-20-18-63(19-21-64)28-34-25-55(26-34)14-16-65(17-15-55)40-8-9-42-37(22-40)29-67(53(42)71)45-10-11-46(69)60-52(45)70/h3-5,8-9,22-24,27,34,38-39,45,59,68H,2,6-7,10-21,25-26,28-33H2,1H3,(H,60,69,70). The van der Waals surface area contributed by atoms with E-state index in [-0.39, 0.29) is 52.5 Å². The minimum atomic E-state index is -0.595. The highest BCUT2D eigenvalue weighted by atomic mass is 19.1. The van der Waals surface area contributed by atoms with Crippen LogP contribution >= 0.6 is 0 Å². The van der Waals surface area contributed by atoms with Crippen molar-refractivity contribution in [3.8, 4) is 23.0 Å². The first-order valence-corrected chi connectivity index (χ1v) is 26.7. The van der Waals surface area contributed by atoms with E-state index in [4.69, 9.17) is 19.7 Å². The van der Waals surface area contributed by atoms with Crippen LogP contribution in [0, 0.1) is 22.6 Å². The average molecular weight is 977 g/mol. The molecule has 5 aromatic rings. The maximum absolute atomic E-state index is 17.2. The normalized spacial score (nSPS) is 25.1. The molecule has 0 radical (unpaired) electrons. The Bertz CT molecular complexity index is 2980. The average Bonchev–Trinajstić information content (AvgIpc) is 3.95. The summed E-state index contributed by atoms with van der Waals surface area (Å²) >= 11 is 0. The fourth-order valence-corrected chi connectivity index (χ4v) is 13.9. The molecule has 1 spiro atoms. The van der Waals surface area contributed by atoms with Gasteiger partial charge in [-0.1, -0.05) is 25.1 Å². The fraction of sp³-hybridized carbons (Fsp3) is 0.536. The molecule has 3 unspecified atom stereocenters. The monoisotopic (exact) mass is 977 g/mol. The molecule has 2 aliphatic carbocycles. The molecule has 6 aliphatic heterocycles. The molecule has 2 bridgehead atoms. The Labute approximate surface area is 419 Å². The summed E-state index contributed by atoms with van der Waals surface area (Å²) in [7, 11) is 0. The van der Waals surface area contributed by atoms with E-state index in [0.717, 1.165) is 125 Å². The van der Waals surface area contributed by atoms with Crippen LogP contribution in [0.5, 0.6) is 11.8 Å². The molecule has 3 aromatic carbocycles. The van der Waals surface area contributed by atoms with Gasteiger partial charge in [0.1, 0.15) is 28.8 Å². The van der Waals surface area contributed by atoms with Gasteiger partial charge in [-0.3, -0.25) is 24.7 Å². The zero-order chi connectivity index (χ0) is 48.9. The molecule has 5 saturated heterocycles. The zero-order valence-corrected chi connectivity index (χ0v) is 41.3. The van der Waals surface area contributed by atoms with Gasteiger partial charge in [0.2, 0.25) is 11.8 Å². The van der Waals surface area contributed by atoms with Crippen LogP contribution in [0.1, 0.15) is 92.6 Å². The van der Waals surface area contributed by atoms with Crippen LogP contribution in [0.25, 0.3) is 32.9 Å². The van der Waals surface area contributed by atoms with Crippen LogP contribution in [0.3, 0.4) is 0 Å². The Kier molecular flexibility index (Phi) is 11.4. The number of hydrogen-bond donors (Lipinski definition) is 3. The van der Waals surface area contributed by atoms with Crippen LogP contribution in [-0.2, 0) is 22.6 Å². The van der Waals surface area contributed by atoms with Gasteiger partial charge in [0, 0.05) is 119 Å². The third kappa shape index (κ3) is 8.40.